The van der Waals surface area contributed by atoms with Crippen LogP contribution in [-0.4, -0.2) is 43.9 Å². The van der Waals surface area contributed by atoms with Gasteiger partial charge in [-0.25, -0.2) is 8.42 Å². The van der Waals surface area contributed by atoms with Gasteiger partial charge in [-0.1, -0.05) is 6.07 Å². The minimum atomic E-state index is -3.18. The molecule has 2 rings (SSSR count). The van der Waals surface area contributed by atoms with E-state index in [2.05, 4.69) is 0 Å². The molecule has 0 aliphatic carbocycles. The first-order valence-electron chi connectivity index (χ1n) is 6.13. The van der Waals surface area contributed by atoms with Crippen LogP contribution >= 0.6 is 22.9 Å². The Hall–Kier alpha value is -0.590. The normalized spacial score (nSPS) is 23.0. The van der Waals surface area contributed by atoms with Gasteiger partial charge in [-0.05, 0) is 17.9 Å². The Morgan fingerprint density at radius 2 is 2.26 bits per heavy atom. The number of carbonyl (C=O) groups excluding carboxylic acids is 1. The second-order valence-corrected chi connectivity index (χ2v) is 8.14. The molecule has 1 saturated heterocycles. The number of carbonyl (C=O) groups is 1. The Kier molecular flexibility index (Phi) is 4.86. The molecule has 1 aromatic heterocycles. The number of sulfone groups is 1. The van der Waals surface area contributed by atoms with Crippen molar-refractivity contribution in [2.45, 2.75) is 18.1 Å². The van der Waals surface area contributed by atoms with E-state index in [0.29, 0.717) is 13.0 Å². The topological polar surface area (TPSA) is 54.5 Å². The molecule has 1 amide bonds. The summed E-state index contributed by atoms with van der Waals surface area (Å²) >= 11 is 7.02. The standard InChI is InChI=1S/C12H16ClNO3S2/c13-5-3-12(15)14-6-4-11(10-2-1-8-18-10)19(16,17)9-7-14/h1-2,8,11H,3-7,9H2. The minimum absolute atomic E-state index is 0.0313. The fourth-order valence-electron chi connectivity index (χ4n) is 2.23. The molecular weight excluding hydrogens is 306 g/mol. The van der Waals surface area contributed by atoms with E-state index in [4.69, 9.17) is 11.6 Å². The van der Waals surface area contributed by atoms with Crippen LogP contribution in [0.3, 0.4) is 0 Å². The number of thiophene rings is 1. The first-order chi connectivity index (χ1) is 9.04. The molecule has 0 spiro atoms. The highest BCUT2D eigenvalue weighted by Gasteiger charge is 2.32. The van der Waals surface area contributed by atoms with Crippen LogP contribution < -0.4 is 0 Å². The van der Waals surface area contributed by atoms with Gasteiger partial charge in [0.15, 0.2) is 9.84 Å². The predicted octanol–water partition coefficient (Wildman–Crippen LogP) is 2.07. The van der Waals surface area contributed by atoms with Gasteiger partial charge in [-0.15, -0.1) is 22.9 Å². The van der Waals surface area contributed by atoms with E-state index in [-0.39, 0.29) is 30.5 Å². The van der Waals surface area contributed by atoms with Crippen LogP contribution in [0.2, 0.25) is 0 Å². The first kappa shape index (κ1) is 14.8. The lowest BCUT2D eigenvalue weighted by Crippen LogP contribution is -2.33. The number of halogens is 1. The molecule has 1 atom stereocenters. The molecule has 0 saturated carbocycles. The second-order valence-electron chi connectivity index (χ2n) is 4.48. The largest absolute Gasteiger partial charge is 0.342 e. The SMILES string of the molecule is O=C(CCCl)N1CCC(c2cccs2)S(=O)(=O)CC1. The maximum atomic E-state index is 12.3. The van der Waals surface area contributed by atoms with Crippen LogP contribution in [0.25, 0.3) is 0 Å². The minimum Gasteiger partial charge on any atom is -0.342 e. The monoisotopic (exact) mass is 321 g/mol. The van der Waals surface area contributed by atoms with Gasteiger partial charge in [0, 0.05) is 30.3 Å². The Labute approximate surface area is 122 Å². The van der Waals surface area contributed by atoms with E-state index < -0.39 is 15.1 Å². The van der Waals surface area contributed by atoms with E-state index in [1.54, 1.807) is 4.90 Å². The highest BCUT2D eigenvalue weighted by molar-refractivity contribution is 7.91. The van der Waals surface area contributed by atoms with E-state index in [1.807, 2.05) is 17.5 Å². The Bertz CT molecular complexity index is 527. The molecule has 0 N–H and O–H groups in total. The summed E-state index contributed by atoms with van der Waals surface area (Å²) in [5, 5.41) is 1.41. The van der Waals surface area contributed by atoms with Gasteiger partial charge in [-0.3, -0.25) is 4.79 Å². The Balaban J connectivity index is 2.15. The van der Waals surface area contributed by atoms with Crippen LogP contribution in [0.15, 0.2) is 17.5 Å². The second kappa shape index (κ2) is 6.24. The van der Waals surface area contributed by atoms with Gasteiger partial charge in [-0.2, -0.15) is 0 Å². The van der Waals surface area contributed by atoms with Crippen molar-refractivity contribution in [3.05, 3.63) is 22.4 Å². The number of nitrogens with zero attached hydrogens (tertiary/aromatic N) is 1. The molecule has 1 aliphatic rings. The summed E-state index contributed by atoms with van der Waals surface area (Å²) in [4.78, 5) is 14.3. The summed E-state index contributed by atoms with van der Waals surface area (Å²) < 4.78 is 24.5. The van der Waals surface area contributed by atoms with Crippen LogP contribution in [0.4, 0.5) is 0 Å². The van der Waals surface area contributed by atoms with Crippen molar-refractivity contribution in [1.82, 2.24) is 4.90 Å². The molecule has 7 heteroatoms. The number of amides is 1. The third-order valence-electron chi connectivity index (χ3n) is 3.26. The molecule has 0 aromatic carbocycles. The van der Waals surface area contributed by atoms with E-state index in [9.17, 15) is 13.2 Å². The fraction of sp³-hybridized carbons (Fsp3) is 0.583. The molecule has 1 unspecified atom stereocenters. The van der Waals surface area contributed by atoms with E-state index in [1.165, 1.54) is 11.3 Å². The summed E-state index contributed by atoms with van der Waals surface area (Å²) in [6.45, 7) is 0.761. The maximum absolute atomic E-state index is 12.3. The number of hydrogen-bond acceptors (Lipinski definition) is 4. The zero-order valence-electron chi connectivity index (χ0n) is 10.4. The molecule has 4 nitrogen and oxygen atoms in total. The van der Waals surface area contributed by atoms with E-state index >= 15 is 0 Å². The summed E-state index contributed by atoms with van der Waals surface area (Å²) in [5.74, 6) is 0.247. The van der Waals surface area contributed by atoms with Crippen molar-refractivity contribution >= 4 is 38.7 Å². The average Bonchev–Trinajstić information content (AvgIpc) is 2.81. The van der Waals surface area contributed by atoms with Gasteiger partial charge in [0.2, 0.25) is 5.91 Å². The van der Waals surface area contributed by atoms with Crippen LogP contribution in [-0.2, 0) is 14.6 Å². The van der Waals surface area contributed by atoms with Crippen molar-refractivity contribution in [2.24, 2.45) is 0 Å². The summed E-state index contributed by atoms with van der Waals surface area (Å²) in [6, 6.07) is 3.71. The van der Waals surface area contributed by atoms with Gasteiger partial charge in [0.1, 0.15) is 0 Å². The highest BCUT2D eigenvalue weighted by atomic mass is 35.5. The quantitative estimate of drug-likeness (QED) is 0.801. The smallest absolute Gasteiger partial charge is 0.223 e. The Morgan fingerprint density at radius 1 is 1.47 bits per heavy atom. The van der Waals surface area contributed by atoms with Crippen LogP contribution in [0, 0.1) is 0 Å². The lowest BCUT2D eigenvalue weighted by molar-refractivity contribution is -0.130. The molecule has 19 heavy (non-hydrogen) atoms. The summed E-state index contributed by atoms with van der Waals surface area (Å²) in [7, 11) is -3.18. The average molecular weight is 322 g/mol. The van der Waals surface area contributed by atoms with E-state index in [0.717, 1.165) is 4.88 Å². The summed E-state index contributed by atoms with van der Waals surface area (Å²) in [6.07, 6.45) is 0.738. The van der Waals surface area contributed by atoms with Crippen molar-refractivity contribution in [3.63, 3.8) is 0 Å². The number of hydrogen-bond donors (Lipinski definition) is 0. The van der Waals surface area contributed by atoms with Crippen molar-refractivity contribution in [1.29, 1.82) is 0 Å². The predicted molar refractivity (Wildman–Crippen MR) is 77.4 cm³/mol. The van der Waals surface area contributed by atoms with Gasteiger partial charge >= 0.3 is 0 Å². The zero-order chi connectivity index (χ0) is 13.9. The molecule has 1 aliphatic heterocycles. The third-order valence-corrected chi connectivity index (χ3v) is 6.69. The van der Waals surface area contributed by atoms with Crippen molar-refractivity contribution in [2.75, 3.05) is 24.7 Å². The highest BCUT2D eigenvalue weighted by Crippen LogP contribution is 2.32. The lowest BCUT2D eigenvalue weighted by atomic mass is 10.2. The molecule has 1 aromatic rings. The molecule has 0 bridgehead atoms. The number of alkyl halides is 1. The zero-order valence-corrected chi connectivity index (χ0v) is 12.8. The van der Waals surface area contributed by atoms with Gasteiger partial charge < -0.3 is 4.90 Å². The molecule has 0 radical (unpaired) electrons. The maximum Gasteiger partial charge on any atom is 0.223 e. The van der Waals surface area contributed by atoms with Gasteiger partial charge in [0.05, 0.1) is 11.0 Å². The van der Waals surface area contributed by atoms with Crippen molar-refractivity contribution in [3.8, 4) is 0 Å². The van der Waals surface area contributed by atoms with Crippen molar-refractivity contribution < 1.29 is 13.2 Å². The third kappa shape index (κ3) is 3.49. The van der Waals surface area contributed by atoms with Crippen LogP contribution in [0.1, 0.15) is 23.0 Å². The first-order valence-corrected chi connectivity index (χ1v) is 9.26. The fourth-order valence-corrected chi connectivity index (χ4v) is 5.39. The Morgan fingerprint density at radius 3 is 2.89 bits per heavy atom. The van der Waals surface area contributed by atoms with Gasteiger partial charge in [0.25, 0.3) is 0 Å². The molecule has 106 valence electrons. The summed E-state index contributed by atoms with van der Waals surface area (Å²) in [5.41, 5.74) is 0. The number of rotatable bonds is 3. The molecule has 1 fully saturated rings. The molecule has 2 heterocycles. The molecular formula is C12H16ClNO3S2. The lowest BCUT2D eigenvalue weighted by Gasteiger charge is -2.19. The van der Waals surface area contributed by atoms with Crippen LogP contribution in [0.5, 0.6) is 0 Å².